The molecule has 78 valence electrons. The van der Waals surface area contributed by atoms with Crippen molar-refractivity contribution in [2.45, 2.75) is 6.92 Å². The SMILES string of the molecule is Cc1cc(C#N)cnc1Oc1ccccc1. The van der Waals surface area contributed by atoms with Crippen molar-refractivity contribution in [3.05, 3.63) is 53.7 Å². The summed E-state index contributed by atoms with van der Waals surface area (Å²) in [5.74, 6) is 1.27. The van der Waals surface area contributed by atoms with Crippen molar-refractivity contribution in [2.24, 2.45) is 0 Å². The van der Waals surface area contributed by atoms with Crippen molar-refractivity contribution in [1.82, 2.24) is 4.98 Å². The van der Waals surface area contributed by atoms with Crippen LogP contribution in [-0.4, -0.2) is 4.98 Å². The molecule has 0 bridgehead atoms. The number of pyridine rings is 1. The molecule has 0 unspecified atom stereocenters. The van der Waals surface area contributed by atoms with Gasteiger partial charge in [0.1, 0.15) is 11.8 Å². The molecule has 0 aliphatic heterocycles. The minimum atomic E-state index is 0.533. The van der Waals surface area contributed by atoms with E-state index in [1.807, 2.05) is 43.3 Å². The normalized spacial score (nSPS) is 9.50. The highest BCUT2D eigenvalue weighted by Crippen LogP contribution is 2.22. The number of aromatic nitrogens is 1. The number of ether oxygens (including phenoxy) is 1. The van der Waals surface area contributed by atoms with E-state index >= 15 is 0 Å². The zero-order valence-corrected chi connectivity index (χ0v) is 8.84. The highest BCUT2D eigenvalue weighted by Gasteiger charge is 2.03. The van der Waals surface area contributed by atoms with Crippen LogP contribution in [0.3, 0.4) is 0 Å². The maximum atomic E-state index is 8.71. The molecule has 1 heterocycles. The number of benzene rings is 1. The van der Waals surface area contributed by atoms with Gasteiger partial charge in [-0.3, -0.25) is 0 Å². The first kappa shape index (κ1) is 10.2. The highest BCUT2D eigenvalue weighted by molar-refractivity contribution is 5.37. The summed E-state index contributed by atoms with van der Waals surface area (Å²) in [7, 11) is 0. The van der Waals surface area contributed by atoms with Gasteiger partial charge in [0.15, 0.2) is 0 Å². The number of rotatable bonds is 2. The van der Waals surface area contributed by atoms with Gasteiger partial charge in [-0.15, -0.1) is 0 Å². The Morgan fingerprint density at radius 2 is 2.00 bits per heavy atom. The monoisotopic (exact) mass is 210 g/mol. The molecule has 1 aromatic heterocycles. The molecule has 3 nitrogen and oxygen atoms in total. The van der Waals surface area contributed by atoms with Crippen LogP contribution < -0.4 is 4.74 Å². The minimum Gasteiger partial charge on any atom is -0.439 e. The van der Waals surface area contributed by atoms with Gasteiger partial charge >= 0.3 is 0 Å². The van der Waals surface area contributed by atoms with Gasteiger partial charge in [-0.2, -0.15) is 5.26 Å². The largest absolute Gasteiger partial charge is 0.439 e. The fourth-order valence-electron chi connectivity index (χ4n) is 1.33. The van der Waals surface area contributed by atoms with Gasteiger partial charge in [0.2, 0.25) is 5.88 Å². The van der Waals surface area contributed by atoms with Crippen molar-refractivity contribution < 1.29 is 4.74 Å². The number of hydrogen-bond donors (Lipinski definition) is 0. The number of hydrogen-bond acceptors (Lipinski definition) is 3. The Balaban J connectivity index is 2.27. The van der Waals surface area contributed by atoms with Gasteiger partial charge in [-0.05, 0) is 25.1 Å². The Kier molecular flexibility index (Phi) is 2.84. The molecular weight excluding hydrogens is 200 g/mol. The van der Waals surface area contributed by atoms with Crippen molar-refractivity contribution in [2.75, 3.05) is 0 Å². The van der Waals surface area contributed by atoms with Gasteiger partial charge in [0.05, 0.1) is 5.56 Å². The average Bonchev–Trinajstić information content (AvgIpc) is 2.33. The van der Waals surface area contributed by atoms with Crippen LogP contribution in [0.2, 0.25) is 0 Å². The van der Waals surface area contributed by atoms with Crippen LogP contribution in [0, 0.1) is 18.3 Å². The summed E-state index contributed by atoms with van der Waals surface area (Å²) in [6, 6.07) is 13.2. The third-order valence-corrected chi connectivity index (χ3v) is 2.12. The first-order chi connectivity index (χ1) is 7.79. The molecule has 0 atom stereocenters. The quantitative estimate of drug-likeness (QED) is 0.765. The maximum absolute atomic E-state index is 8.71. The summed E-state index contributed by atoms with van der Waals surface area (Å²) in [6.07, 6.45) is 1.51. The maximum Gasteiger partial charge on any atom is 0.222 e. The lowest BCUT2D eigenvalue weighted by Crippen LogP contribution is -1.91. The summed E-state index contributed by atoms with van der Waals surface area (Å²) >= 11 is 0. The van der Waals surface area contributed by atoms with E-state index < -0.39 is 0 Å². The van der Waals surface area contributed by atoms with E-state index in [1.54, 1.807) is 6.07 Å². The van der Waals surface area contributed by atoms with Crippen LogP contribution >= 0.6 is 0 Å². The zero-order valence-electron chi connectivity index (χ0n) is 8.84. The van der Waals surface area contributed by atoms with Crippen LogP contribution in [0.5, 0.6) is 11.6 Å². The smallest absolute Gasteiger partial charge is 0.222 e. The highest BCUT2D eigenvalue weighted by atomic mass is 16.5. The molecule has 0 saturated carbocycles. The molecule has 1 aromatic carbocycles. The van der Waals surface area contributed by atoms with E-state index in [2.05, 4.69) is 4.98 Å². The number of nitrogens with zero attached hydrogens (tertiary/aromatic N) is 2. The molecule has 0 saturated heterocycles. The van der Waals surface area contributed by atoms with Gasteiger partial charge in [-0.1, -0.05) is 18.2 Å². The van der Waals surface area contributed by atoms with Crippen molar-refractivity contribution >= 4 is 0 Å². The van der Waals surface area contributed by atoms with Crippen LogP contribution in [0.1, 0.15) is 11.1 Å². The second-order valence-electron chi connectivity index (χ2n) is 3.37. The molecule has 2 rings (SSSR count). The standard InChI is InChI=1S/C13H10N2O/c1-10-7-11(8-14)9-15-13(10)16-12-5-3-2-4-6-12/h2-7,9H,1H3. The molecule has 16 heavy (non-hydrogen) atoms. The Hall–Kier alpha value is -2.34. The molecule has 2 aromatic rings. The Morgan fingerprint density at radius 3 is 2.62 bits per heavy atom. The number of para-hydroxylation sites is 1. The summed E-state index contributed by atoms with van der Waals surface area (Å²) < 4.78 is 5.59. The molecule has 0 aliphatic carbocycles. The average molecular weight is 210 g/mol. The first-order valence-corrected chi connectivity index (χ1v) is 4.89. The fraction of sp³-hybridized carbons (Fsp3) is 0.0769. The first-order valence-electron chi connectivity index (χ1n) is 4.89. The van der Waals surface area contributed by atoms with E-state index in [0.717, 1.165) is 11.3 Å². The minimum absolute atomic E-state index is 0.533. The van der Waals surface area contributed by atoms with E-state index in [4.69, 9.17) is 10.00 Å². The predicted molar refractivity (Wildman–Crippen MR) is 60.2 cm³/mol. The number of nitriles is 1. The van der Waals surface area contributed by atoms with Crippen LogP contribution in [-0.2, 0) is 0 Å². The summed E-state index contributed by atoms with van der Waals surface area (Å²) in [5, 5.41) is 8.71. The van der Waals surface area contributed by atoms with Crippen molar-refractivity contribution in [3.8, 4) is 17.7 Å². The van der Waals surface area contributed by atoms with Crippen molar-refractivity contribution in [1.29, 1.82) is 5.26 Å². The van der Waals surface area contributed by atoms with Crippen LogP contribution in [0.15, 0.2) is 42.6 Å². The third kappa shape index (κ3) is 2.18. The lowest BCUT2D eigenvalue weighted by atomic mass is 10.2. The summed E-state index contributed by atoms with van der Waals surface area (Å²) in [6.45, 7) is 1.87. The van der Waals surface area contributed by atoms with Gasteiger partial charge in [0, 0.05) is 11.8 Å². The lowest BCUT2D eigenvalue weighted by molar-refractivity contribution is 0.459. The second kappa shape index (κ2) is 4.45. The Bertz CT molecular complexity index is 529. The molecule has 0 fully saturated rings. The van der Waals surface area contributed by atoms with Gasteiger partial charge in [0.25, 0.3) is 0 Å². The molecule has 0 amide bonds. The Labute approximate surface area is 93.9 Å². The fourth-order valence-corrected chi connectivity index (χ4v) is 1.33. The van der Waals surface area contributed by atoms with E-state index in [-0.39, 0.29) is 0 Å². The number of aryl methyl sites for hydroxylation is 1. The molecule has 0 N–H and O–H groups in total. The van der Waals surface area contributed by atoms with Crippen LogP contribution in [0.25, 0.3) is 0 Å². The molecule has 0 aliphatic rings. The van der Waals surface area contributed by atoms with Crippen LogP contribution in [0.4, 0.5) is 0 Å². The topological polar surface area (TPSA) is 45.9 Å². The molecule has 0 radical (unpaired) electrons. The summed E-state index contributed by atoms with van der Waals surface area (Å²) in [5.41, 5.74) is 1.39. The second-order valence-corrected chi connectivity index (χ2v) is 3.37. The summed E-state index contributed by atoms with van der Waals surface area (Å²) in [4.78, 5) is 4.10. The predicted octanol–water partition coefficient (Wildman–Crippen LogP) is 3.05. The van der Waals surface area contributed by atoms with E-state index in [1.165, 1.54) is 6.20 Å². The van der Waals surface area contributed by atoms with Gasteiger partial charge < -0.3 is 4.74 Å². The van der Waals surface area contributed by atoms with E-state index in [9.17, 15) is 0 Å². The van der Waals surface area contributed by atoms with E-state index in [0.29, 0.717) is 11.4 Å². The lowest BCUT2D eigenvalue weighted by Gasteiger charge is -2.06. The molecule has 0 spiro atoms. The Morgan fingerprint density at radius 1 is 1.25 bits per heavy atom. The zero-order chi connectivity index (χ0) is 11.4. The molecular formula is C13H10N2O. The van der Waals surface area contributed by atoms with Crippen molar-refractivity contribution in [3.63, 3.8) is 0 Å². The van der Waals surface area contributed by atoms with Gasteiger partial charge in [-0.25, -0.2) is 4.98 Å². The molecule has 3 heteroatoms. The third-order valence-electron chi connectivity index (χ3n) is 2.12.